The number of allylic oxidation sites excluding steroid dienone is 2. The predicted octanol–water partition coefficient (Wildman–Crippen LogP) is 3.92. The minimum absolute atomic E-state index is 0.268. The summed E-state index contributed by atoms with van der Waals surface area (Å²) >= 11 is 12.3. The van der Waals surface area contributed by atoms with Crippen LogP contribution in [0.3, 0.4) is 0 Å². The van der Waals surface area contributed by atoms with Gasteiger partial charge in [0.15, 0.2) is 0 Å². The summed E-state index contributed by atoms with van der Waals surface area (Å²) in [5.74, 6) is 5.80. The zero-order chi connectivity index (χ0) is 18.8. The number of nitrogens with zero attached hydrogens (tertiary/aromatic N) is 2. The van der Waals surface area contributed by atoms with Crippen molar-refractivity contribution in [1.29, 1.82) is 0 Å². The Bertz CT molecular complexity index is 1220. The number of rotatable bonds is 1. The number of hydrogen-bond acceptors (Lipinski definition) is 2. The first-order valence-electron chi connectivity index (χ1n) is 7.78. The fourth-order valence-corrected chi connectivity index (χ4v) is 3.04. The summed E-state index contributed by atoms with van der Waals surface area (Å²) in [6.07, 6.45) is 3.55. The van der Waals surface area contributed by atoms with E-state index in [1.807, 2.05) is 13.0 Å². The molecule has 26 heavy (non-hydrogen) atoms. The van der Waals surface area contributed by atoms with E-state index in [1.54, 1.807) is 49.5 Å². The Labute approximate surface area is 159 Å². The van der Waals surface area contributed by atoms with Crippen LogP contribution in [-0.2, 0) is 7.05 Å². The SMILES string of the molecule is CC=CC#Cc1ccc(-n2c(=O)c3ccc(Cl)cc3n(C)c2=O)c(Cl)c1. The zero-order valence-corrected chi connectivity index (χ0v) is 15.6. The molecule has 130 valence electrons. The second kappa shape index (κ2) is 7.25. The van der Waals surface area contributed by atoms with Crippen LogP contribution in [0.5, 0.6) is 0 Å². The molecule has 0 fully saturated rings. The molecule has 0 radical (unpaired) electrons. The minimum atomic E-state index is -0.501. The maximum atomic E-state index is 12.9. The Morgan fingerprint density at radius 2 is 1.85 bits per heavy atom. The summed E-state index contributed by atoms with van der Waals surface area (Å²) in [4.78, 5) is 25.6. The molecule has 0 atom stereocenters. The van der Waals surface area contributed by atoms with Crippen LogP contribution in [0.15, 0.2) is 58.1 Å². The molecular formula is C20H14Cl2N2O2. The number of aryl methyl sites for hydroxylation is 1. The quantitative estimate of drug-likeness (QED) is 0.596. The molecule has 0 saturated carbocycles. The Balaban J connectivity index is 2.27. The van der Waals surface area contributed by atoms with Gasteiger partial charge in [0, 0.05) is 17.6 Å². The van der Waals surface area contributed by atoms with Gasteiger partial charge >= 0.3 is 5.69 Å². The molecule has 6 heteroatoms. The molecule has 0 N–H and O–H groups in total. The third kappa shape index (κ3) is 3.20. The topological polar surface area (TPSA) is 44.0 Å². The van der Waals surface area contributed by atoms with Crippen molar-refractivity contribution in [1.82, 2.24) is 9.13 Å². The fraction of sp³-hybridized carbons (Fsp3) is 0.100. The molecule has 1 aromatic heterocycles. The monoisotopic (exact) mass is 384 g/mol. The van der Waals surface area contributed by atoms with E-state index in [0.717, 1.165) is 4.57 Å². The zero-order valence-electron chi connectivity index (χ0n) is 14.1. The molecule has 0 spiro atoms. The molecule has 3 aromatic rings. The Morgan fingerprint density at radius 3 is 2.54 bits per heavy atom. The summed E-state index contributed by atoms with van der Waals surface area (Å²) < 4.78 is 2.43. The predicted molar refractivity (Wildman–Crippen MR) is 106 cm³/mol. The smallest absolute Gasteiger partial charge is 0.296 e. The minimum Gasteiger partial charge on any atom is -0.296 e. The van der Waals surface area contributed by atoms with Gasteiger partial charge in [-0.15, -0.1) is 0 Å². The van der Waals surface area contributed by atoms with Crippen molar-refractivity contribution < 1.29 is 0 Å². The van der Waals surface area contributed by atoms with Crippen LogP contribution in [0.2, 0.25) is 10.0 Å². The van der Waals surface area contributed by atoms with E-state index < -0.39 is 11.2 Å². The molecule has 0 saturated heterocycles. The molecule has 0 unspecified atom stereocenters. The van der Waals surface area contributed by atoms with E-state index in [4.69, 9.17) is 23.2 Å². The van der Waals surface area contributed by atoms with E-state index >= 15 is 0 Å². The highest BCUT2D eigenvalue weighted by atomic mass is 35.5. The summed E-state index contributed by atoms with van der Waals surface area (Å²) in [6, 6.07) is 9.77. The molecule has 0 aliphatic heterocycles. The van der Waals surface area contributed by atoms with Gasteiger partial charge in [-0.2, -0.15) is 0 Å². The van der Waals surface area contributed by atoms with Gasteiger partial charge < -0.3 is 0 Å². The maximum Gasteiger partial charge on any atom is 0.335 e. The summed E-state index contributed by atoms with van der Waals surface area (Å²) in [7, 11) is 1.59. The number of hydrogen-bond donors (Lipinski definition) is 0. The third-order valence-electron chi connectivity index (χ3n) is 3.89. The van der Waals surface area contributed by atoms with Crippen LogP contribution in [0.4, 0.5) is 0 Å². The summed E-state index contributed by atoms with van der Waals surface area (Å²) in [6.45, 7) is 1.87. The van der Waals surface area contributed by atoms with Gasteiger partial charge in [-0.25, -0.2) is 9.36 Å². The van der Waals surface area contributed by atoms with Crippen molar-refractivity contribution >= 4 is 34.1 Å². The van der Waals surface area contributed by atoms with E-state index in [9.17, 15) is 9.59 Å². The van der Waals surface area contributed by atoms with Crippen molar-refractivity contribution in [3.05, 3.63) is 85.0 Å². The molecule has 0 bridgehead atoms. The van der Waals surface area contributed by atoms with Gasteiger partial charge in [0.05, 0.1) is 21.6 Å². The van der Waals surface area contributed by atoms with E-state index in [0.29, 0.717) is 27.2 Å². The van der Waals surface area contributed by atoms with Gasteiger partial charge in [-0.1, -0.05) is 41.1 Å². The summed E-state index contributed by atoms with van der Waals surface area (Å²) in [5.41, 5.74) is 0.516. The molecule has 2 aromatic carbocycles. The van der Waals surface area contributed by atoms with Gasteiger partial charge in [-0.3, -0.25) is 9.36 Å². The molecule has 0 amide bonds. The van der Waals surface area contributed by atoms with Crippen molar-refractivity contribution in [3.63, 3.8) is 0 Å². The Morgan fingerprint density at radius 1 is 1.08 bits per heavy atom. The van der Waals surface area contributed by atoms with Gasteiger partial charge in [0.25, 0.3) is 5.56 Å². The van der Waals surface area contributed by atoms with Crippen LogP contribution >= 0.6 is 23.2 Å². The standard InChI is InChI=1S/C20H14Cl2N2O2/c1-3-4-5-6-13-7-10-17(16(22)11-13)24-19(25)15-9-8-14(21)12-18(15)23(2)20(24)26/h3-4,7-12H,1-2H3. The first kappa shape index (κ1) is 18.1. The second-order valence-corrected chi connectivity index (χ2v) is 6.42. The van der Waals surface area contributed by atoms with Crippen LogP contribution in [0.1, 0.15) is 12.5 Å². The lowest BCUT2D eigenvalue weighted by molar-refractivity contribution is 0.774. The lowest BCUT2D eigenvalue weighted by Gasteiger charge is -2.12. The maximum absolute atomic E-state index is 12.9. The van der Waals surface area contributed by atoms with Crippen molar-refractivity contribution in [2.24, 2.45) is 7.05 Å². The number of benzene rings is 2. The van der Waals surface area contributed by atoms with Gasteiger partial charge in [-0.05, 0) is 49.4 Å². The first-order chi connectivity index (χ1) is 12.4. The average molecular weight is 385 g/mol. The number of halogens is 2. The normalized spacial score (nSPS) is 10.9. The van der Waals surface area contributed by atoms with Crippen molar-refractivity contribution in [2.75, 3.05) is 0 Å². The highest BCUT2D eigenvalue weighted by Gasteiger charge is 2.15. The van der Waals surface area contributed by atoms with E-state index in [2.05, 4.69) is 11.8 Å². The van der Waals surface area contributed by atoms with Crippen LogP contribution in [-0.4, -0.2) is 9.13 Å². The number of aromatic nitrogens is 2. The van der Waals surface area contributed by atoms with E-state index in [-0.39, 0.29) is 5.02 Å². The number of fused-ring (bicyclic) bond motifs is 1. The van der Waals surface area contributed by atoms with Gasteiger partial charge in [0.2, 0.25) is 0 Å². The largest absolute Gasteiger partial charge is 0.335 e. The molecule has 3 rings (SSSR count). The average Bonchev–Trinajstić information content (AvgIpc) is 2.62. The molecule has 0 aliphatic rings. The lowest BCUT2D eigenvalue weighted by atomic mass is 10.2. The summed E-state index contributed by atoms with van der Waals surface area (Å²) in [5, 5.41) is 1.10. The first-order valence-corrected chi connectivity index (χ1v) is 8.53. The van der Waals surface area contributed by atoms with Crippen molar-refractivity contribution in [3.8, 4) is 17.5 Å². The lowest BCUT2D eigenvalue weighted by Crippen LogP contribution is -2.38. The Kier molecular flexibility index (Phi) is 5.03. The highest BCUT2D eigenvalue weighted by Crippen LogP contribution is 2.21. The molecule has 1 heterocycles. The van der Waals surface area contributed by atoms with Crippen LogP contribution in [0.25, 0.3) is 16.6 Å². The van der Waals surface area contributed by atoms with Gasteiger partial charge in [0.1, 0.15) is 0 Å². The molecular weight excluding hydrogens is 371 g/mol. The van der Waals surface area contributed by atoms with E-state index in [1.165, 1.54) is 4.57 Å². The molecule has 0 aliphatic carbocycles. The second-order valence-electron chi connectivity index (χ2n) is 5.58. The van der Waals surface area contributed by atoms with Crippen molar-refractivity contribution in [2.45, 2.75) is 6.92 Å². The van der Waals surface area contributed by atoms with Crippen LogP contribution < -0.4 is 11.2 Å². The highest BCUT2D eigenvalue weighted by molar-refractivity contribution is 6.32. The third-order valence-corrected chi connectivity index (χ3v) is 4.43. The Hall–Kier alpha value is -2.74. The fourth-order valence-electron chi connectivity index (χ4n) is 2.61. The molecule has 4 nitrogen and oxygen atoms in total. The van der Waals surface area contributed by atoms with Crippen LogP contribution in [0, 0.1) is 11.8 Å².